The fourth-order valence-corrected chi connectivity index (χ4v) is 6.09. The summed E-state index contributed by atoms with van der Waals surface area (Å²) in [6, 6.07) is 4.41. The number of likely N-dealkylation sites (tertiary alicyclic amines) is 1. The van der Waals surface area contributed by atoms with Crippen LogP contribution in [0.25, 0.3) is 0 Å². The van der Waals surface area contributed by atoms with Crippen LogP contribution in [0.5, 0.6) is 11.5 Å². The lowest BCUT2D eigenvalue weighted by molar-refractivity contribution is -0.138. The van der Waals surface area contributed by atoms with E-state index < -0.39 is 6.10 Å². The number of rotatable bonds is 3. The predicted molar refractivity (Wildman–Crippen MR) is 100 cm³/mol. The van der Waals surface area contributed by atoms with Crippen LogP contribution in [0.3, 0.4) is 0 Å². The van der Waals surface area contributed by atoms with Crippen LogP contribution in [0.1, 0.15) is 50.7 Å². The van der Waals surface area contributed by atoms with Crippen LogP contribution in [0, 0.1) is 11.8 Å². The lowest BCUT2D eigenvalue weighted by atomic mass is 9.52. The van der Waals surface area contributed by atoms with Crippen molar-refractivity contribution in [2.75, 3.05) is 13.6 Å². The van der Waals surface area contributed by atoms with E-state index in [0.29, 0.717) is 36.3 Å². The Kier molecular flexibility index (Phi) is 3.71. The van der Waals surface area contributed by atoms with Crippen LogP contribution >= 0.6 is 0 Å². The molecule has 0 aromatic heterocycles. The summed E-state index contributed by atoms with van der Waals surface area (Å²) in [6.07, 6.45) is 3.41. The second kappa shape index (κ2) is 5.81. The molecule has 2 bridgehead atoms. The molecule has 0 amide bonds. The molecule has 1 aromatic rings. The summed E-state index contributed by atoms with van der Waals surface area (Å²) in [5, 5.41) is 0. The highest BCUT2D eigenvalue weighted by molar-refractivity contribution is 5.89. The van der Waals surface area contributed by atoms with Crippen LogP contribution in [0.4, 0.5) is 0 Å². The van der Waals surface area contributed by atoms with E-state index in [1.165, 1.54) is 11.1 Å². The number of carbonyl (C=O) groups is 2. The van der Waals surface area contributed by atoms with Gasteiger partial charge in [0, 0.05) is 29.9 Å². The second-order valence-electron chi connectivity index (χ2n) is 9.15. The molecule has 2 fully saturated rings. The molecule has 4 aliphatic rings. The van der Waals surface area contributed by atoms with E-state index in [-0.39, 0.29) is 23.1 Å². The van der Waals surface area contributed by atoms with Gasteiger partial charge in [0.2, 0.25) is 0 Å². The van der Waals surface area contributed by atoms with Gasteiger partial charge in [0.25, 0.3) is 0 Å². The Bertz CT molecular complexity index is 832. The van der Waals surface area contributed by atoms with Gasteiger partial charge in [0.05, 0.1) is 0 Å². The zero-order chi connectivity index (χ0) is 18.9. The van der Waals surface area contributed by atoms with Crippen molar-refractivity contribution in [3.63, 3.8) is 0 Å². The molecule has 1 saturated carbocycles. The molecule has 0 N–H and O–H groups in total. The number of benzene rings is 1. The molecule has 3 unspecified atom stereocenters. The minimum Gasteiger partial charge on any atom is -0.477 e. The number of carbonyl (C=O) groups excluding carboxylic acids is 2. The second-order valence-corrected chi connectivity index (χ2v) is 9.15. The monoisotopic (exact) mass is 369 g/mol. The van der Waals surface area contributed by atoms with E-state index in [1.54, 1.807) is 0 Å². The van der Waals surface area contributed by atoms with Crippen LogP contribution < -0.4 is 9.47 Å². The lowest BCUT2D eigenvalue weighted by Crippen LogP contribution is -2.65. The Morgan fingerprint density at radius 3 is 3.00 bits per heavy atom. The maximum Gasteiger partial charge on any atom is 0.311 e. The third kappa shape index (κ3) is 2.27. The normalized spacial score (nSPS) is 33.6. The average molecular weight is 369 g/mol. The van der Waals surface area contributed by atoms with Crippen molar-refractivity contribution in [2.24, 2.45) is 11.8 Å². The number of Topliss-reactive ketones (excluding diaryl/α,β-unsaturated/α-hetero) is 1. The molecule has 2 heterocycles. The molecule has 5 heteroatoms. The molecule has 27 heavy (non-hydrogen) atoms. The number of esters is 1. The summed E-state index contributed by atoms with van der Waals surface area (Å²) in [4.78, 5) is 27.6. The van der Waals surface area contributed by atoms with E-state index in [4.69, 9.17) is 9.47 Å². The molecular formula is C22H27NO4. The number of ketones is 1. The Labute approximate surface area is 160 Å². The fourth-order valence-electron chi connectivity index (χ4n) is 6.09. The highest BCUT2D eigenvalue weighted by atomic mass is 16.6. The summed E-state index contributed by atoms with van der Waals surface area (Å²) >= 11 is 0. The van der Waals surface area contributed by atoms with Gasteiger partial charge >= 0.3 is 5.97 Å². The minimum atomic E-state index is -0.411. The van der Waals surface area contributed by atoms with Crippen molar-refractivity contribution in [3.05, 3.63) is 23.3 Å². The summed E-state index contributed by atoms with van der Waals surface area (Å²) in [5.74, 6) is 1.81. The van der Waals surface area contributed by atoms with Crippen LogP contribution in [-0.2, 0) is 21.4 Å². The zero-order valence-corrected chi connectivity index (χ0v) is 16.3. The first kappa shape index (κ1) is 17.2. The number of hydrogen-bond donors (Lipinski definition) is 0. The number of nitrogens with zero attached hydrogens (tertiary/aromatic N) is 1. The average Bonchev–Trinajstić information content (AvgIpc) is 2.96. The minimum absolute atomic E-state index is 0.207. The molecule has 1 saturated heterocycles. The SMILES string of the molecule is CC(C)CC(=O)Oc1ccc2c3c1O[C@H]1C(=O)CCC4C(C2)N(C)CCC341. The Hall–Kier alpha value is -1.88. The summed E-state index contributed by atoms with van der Waals surface area (Å²) in [6.45, 7) is 4.97. The smallest absolute Gasteiger partial charge is 0.311 e. The van der Waals surface area contributed by atoms with Crippen LogP contribution in [-0.4, -0.2) is 42.4 Å². The van der Waals surface area contributed by atoms with Gasteiger partial charge in [0.1, 0.15) is 0 Å². The van der Waals surface area contributed by atoms with Crippen LogP contribution in [0.2, 0.25) is 0 Å². The summed E-state index contributed by atoms with van der Waals surface area (Å²) < 4.78 is 12.0. The number of piperidine rings is 1. The topological polar surface area (TPSA) is 55.8 Å². The number of likely N-dealkylation sites (N-methyl/N-ethyl adjacent to an activating group) is 1. The first-order valence-electron chi connectivity index (χ1n) is 10.2. The molecular weight excluding hydrogens is 342 g/mol. The van der Waals surface area contributed by atoms with Gasteiger partial charge in [-0.05, 0) is 56.3 Å². The molecule has 1 aromatic carbocycles. The van der Waals surface area contributed by atoms with Gasteiger partial charge in [-0.25, -0.2) is 0 Å². The van der Waals surface area contributed by atoms with E-state index in [0.717, 1.165) is 25.8 Å². The first-order chi connectivity index (χ1) is 12.9. The van der Waals surface area contributed by atoms with E-state index in [9.17, 15) is 9.59 Å². The van der Waals surface area contributed by atoms with Gasteiger partial charge in [-0.3, -0.25) is 9.59 Å². The van der Waals surface area contributed by atoms with Crippen molar-refractivity contribution in [2.45, 2.75) is 63.5 Å². The van der Waals surface area contributed by atoms with Crippen molar-refractivity contribution < 1.29 is 19.1 Å². The maximum absolute atomic E-state index is 12.8. The highest BCUT2D eigenvalue weighted by Gasteiger charge is 2.65. The molecule has 1 spiro atoms. The van der Waals surface area contributed by atoms with Crippen molar-refractivity contribution in [1.82, 2.24) is 4.90 Å². The molecule has 5 nitrogen and oxygen atoms in total. The first-order valence-corrected chi connectivity index (χ1v) is 10.2. The Morgan fingerprint density at radius 1 is 1.41 bits per heavy atom. The number of hydrogen-bond acceptors (Lipinski definition) is 5. The van der Waals surface area contributed by atoms with Gasteiger partial charge in [-0.15, -0.1) is 0 Å². The Balaban J connectivity index is 1.62. The van der Waals surface area contributed by atoms with Gasteiger partial charge in [0.15, 0.2) is 23.4 Å². The quantitative estimate of drug-likeness (QED) is 0.606. The maximum atomic E-state index is 12.8. The Morgan fingerprint density at radius 2 is 2.22 bits per heavy atom. The molecule has 4 atom stereocenters. The third-order valence-corrected chi connectivity index (χ3v) is 7.17. The van der Waals surface area contributed by atoms with Crippen molar-refractivity contribution >= 4 is 11.8 Å². The van der Waals surface area contributed by atoms with Crippen molar-refractivity contribution in [1.29, 1.82) is 0 Å². The van der Waals surface area contributed by atoms with E-state index in [2.05, 4.69) is 18.0 Å². The molecule has 2 aliphatic carbocycles. The van der Waals surface area contributed by atoms with E-state index in [1.807, 2.05) is 19.9 Å². The molecule has 5 rings (SSSR count). The summed E-state index contributed by atoms with van der Waals surface area (Å²) in [5.41, 5.74) is 2.21. The third-order valence-electron chi connectivity index (χ3n) is 7.17. The van der Waals surface area contributed by atoms with Crippen molar-refractivity contribution in [3.8, 4) is 11.5 Å². The molecule has 0 radical (unpaired) electrons. The zero-order valence-electron chi connectivity index (χ0n) is 16.3. The molecule has 2 aliphatic heterocycles. The molecule has 144 valence electrons. The lowest BCUT2D eigenvalue weighted by Gasteiger charge is -2.57. The van der Waals surface area contributed by atoms with Gasteiger partial charge < -0.3 is 14.4 Å². The van der Waals surface area contributed by atoms with Crippen LogP contribution in [0.15, 0.2) is 12.1 Å². The summed E-state index contributed by atoms with van der Waals surface area (Å²) in [7, 11) is 2.20. The highest BCUT2D eigenvalue weighted by Crippen LogP contribution is 2.63. The van der Waals surface area contributed by atoms with Gasteiger partial charge in [-0.2, -0.15) is 0 Å². The standard InChI is InChI=1S/C22H27NO4/c1-12(2)10-18(25)26-17-7-4-13-11-15-14-5-6-16(24)21-22(14,8-9-23(15)3)19(13)20(17)27-21/h4,7,12,14-15,21H,5-6,8-11H2,1-3H3/t14?,15?,21-,22?/m0/s1. The predicted octanol–water partition coefficient (Wildman–Crippen LogP) is 2.88. The fraction of sp³-hybridized carbons (Fsp3) is 0.636. The van der Waals surface area contributed by atoms with E-state index >= 15 is 0 Å². The largest absolute Gasteiger partial charge is 0.477 e. The number of ether oxygens (including phenoxy) is 2. The van der Waals surface area contributed by atoms with Gasteiger partial charge in [-0.1, -0.05) is 19.9 Å².